The molecule has 0 fully saturated rings. The van der Waals surface area contributed by atoms with Crippen molar-refractivity contribution in [2.45, 2.75) is 6.42 Å². The lowest BCUT2D eigenvalue weighted by Crippen LogP contribution is -2.15. The third-order valence-electron chi connectivity index (χ3n) is 2.16. The number of anilines is 1. The first-order chi connectivity index (χ1) is 8.56. The number of terminal acetylenes is 1. The summed E-state index contributed by atoms with van der Waals surface area (Å²) in [7, 11) is 1.24. The molecule has 0 saturated heterocycles. The van der Waals surface area contributed by atoms with Crippen molar-refractivity contribution >= 4 is 17.6 Å². The summed E-state index contributed by atoms with van der Waals surface area (Å²) in [5, 5.41) is 2.62. The van der Waals surface area contributed by atoms with Crippen LogP contribution in [-0.2, 0) is 14.3 Å². The number of ether oxygens (including phenoxy) is 1. The van der Waals surface area contributed by atoms with Crippen LogP contribution >= 0.6 is 0 Å². The van der Waals surface area contributed by atoms with E-state index in [0.29, 0.717) is 11.3 Å². The maximum Gasteiger partial charge on any atom is 0.333 e. The third-order valence-corrected chi connectivity index (χ3v) is 2.16. The molecule has 1 aromatic rings. The van der Waals surface area contributed by atoms with E-state index in [1.54, 1.807) is 24.3 Å². The maximum absolute atomic E-state index is 11.6. The first-order valence-corrected chi connectivity index (χ1v) is 5.19. The van der Waals surface area contributed by atoms with E-state index in [4.69, 9.17) is 6.42 Å². The molecule has 1 N–H and O–H groups in total. The molecule has 0 aliphatic rings. The van der Waals surface area contributed by atoms with Crippen LogP contribution in [-0.4, -0.2) is 19.0 Å². The van der Waals surface area contributed by atoms with Gasteiger partial charge >= 0.3 is 5.97 Å². The molecule has 0 aliphatic heterocycles. The largest absolute Gasteiger partial charge is 0.466 e. The Morgan fingerprint density at radius 3 is 2.83 bits per heavy atom. The van der Waals surface area contributed by atoms with Gasteiger partial charge in [-0.2, -0.15) is 0 Å². The zero-order valence-electron chi connectivity index (χ0n) is 10.0. The maximum atomic E-state index is 11.6. The molecule has 0 saturated carbocycles. The average molecular weight is 243 g/mol. The van der Waals surface area contributed by atoms with Crippen LogP contribution in [0.5, 0.6) is 0 Å². The number of carbonyl (C=O) groups excluding carboxylic acids is 2. The highest BCUT2D eigenvalue weighted by atomic mass is 16.5. The van der Waals surface area contributed by atoms with Crippen LogP contribution in [0.4, 0.5) is 5.69 Å². The summed E-state index contributed by atoms with van der Waals surface area (Å²) in [6.07, 6.45) is 5.13. The minimum Gasteiger partial charge on any atom is -0.466 e. The minimum absolute atomic E-state index is 0.100. The van der Waals surface area contributed by atoms with E-state index in [9.17, 15) is 9.59 Å². The van der Waals surface area contributed by atoms with Crippen LogP contribution < -0.4 is 5.32 Å². The molecule has 1 amide bonds. The molecule has 0 radical (unpaired) electrons. The second kappa shape index (κ2) is 6.26. The van der Waals surface area contributed by atoms with E-state index < -0.39 is 5.97 Å². The number of amides is 1. The summed E-state index contributed by atoms with van der Waals surface area (Å²) in [6.45, 7) is 3.47. The molecule has 92 valence electrons. The summed E-state index contributed by atoms with van der Waals surface area (Å²) in [6, 6.07) is 6.86. The molecule has 4 heteroatoms. The van der Waals surface area contributed by atoms with Gasteiger partial charge in [-0.15, -0.1) is 6.42 Å². The summed E-state index contributed by atoms with van der Waals surface area (Å²) >= 11 is 0. The third kappa shape index (κ3) is 3.80. The van der Waals surface area contributed by atoms with Gasteiger partial charge in [0, 0.05) is 16.8 Å². The SMILES string of the molecule is C#Cc1cccc(NC(=O)CC(=C)C(=O)OC)c1. The Balaban J connectivity index is 2.62. The van der Waals surface area contributed by atoms with Gasteiger partial charge in [-0.1, -0.05) is 18.6 Å². The van der Waals surface area contributed by atoms with E-state index in [0.717, 1.165) is 0 Å². The molecule has 1 rings (SSSR count). The summed E-state index contributed by atoms with van der Waals surface area (Å²) in [5.41, 5.74) is 1.34. The Labute approximate surface area is 106 Å². The minimum atomic E-state index is -0.595. The Morgan fingerprint density at radius 2 is 2.22 bits per heavy atom. The van der Waals surface area contributed by atoms with Crippen molar-refractivity contribution in [1.29, 1.82) is 0 Å². The van der Waals surface area contributed by atoms with Gasteiger partial charge in [0.25, 0.3) is 0 Å². The molecule has 0 aromatic heterocycles. The zero-order valence-corrected chi connectivity index (χ0v) is 10.0. The van der Waals surface area contributed by atoms with E-state index in [1.165, 1.54) is 7.11 Å². The first-order valence-electron chi connectivity index (χ1n) is 5.19. The number of benzene rings is 1. The topological polar surface area (TPSA) is 55.4 Å². The second-order valence-corrected chi connectivity index (χ2v) is 3.55. The van der Waals surface area contributed by atoms with E-state index in [1.807, 2.05) is 0 Å². The van der Waals surface area contributed by atoms with Crippen LogP contribution in [0, 0.1) is 12.3 Å². The quantitative estimate of drug-likeness (QED) is 0.497. The predicted octanol–water partition coefficient (Wildman–Crippen LogP) is 1.73. The molecular weight excluding hydrogens is 230 g/mol. The monoisotopic (exact) mass is 243 g/mol. The van der Waals surface area contributed by atoms with Crippen LogP contribution in [0.3, 0.4) is 0 Å². The van der Waals surface area contributed by atoms with Crippen LogP contribution in [0.25, 0.3) is 0 Å². The molecule has 0 heterocycles. The van der Waals surface area contributed by atoms with Crippen molar-refractivity contribution in [3.63, 3.8) is 0 Å². The number of rotatable bonds is 4. The van der Waals surface area contributed by atoms with Crippen molar-refractivity contribution in [3.8, 4) is 12.3 Å². The Kier molecular flexibility index (Phi) is 4.70. The molecule has 4 nitrogen and oxygen atoms in total. The summed E-state index contributed by atoms with van der Waals surface area (Å²) in [4.78, 5) is 22.7. The van der Waals surface area contributed by atoms with Crippen molar-refractivity contribution in [2.75, 3.05) is 12.4 Å². The van der Waals surface area contributed by atoms with Crippen LogP contribution in [0.2, 0.25) is 0 Å². The van der Waals surface area contributed by atoms with Gasteiger partial charge in [-0.05, 0) is 18.2 Å². The molecule has 18 heavy (non-hydrogen) atoms. The summed E-state index contributed by atoms with van der Waals surface area (Å²) < 4.78 is 4.45. The van der Waals surface area contributed by atoms with Gasteiger partial charge in [0.05, 0.1) is 13.5 Å². The molecule has 0 unspecified atom stereocenters. The average Bonchev–Trinajstić information content (AvgIpc) is 2.37. The molecule has 0 atom stereocenters. The Morgan fingerprint density at radius 1 is 1.50 bits per heavy atom. The van der Waals surface area contributed by atoms with Crippen LogP contribution in [0.15, 0.2) is 36.4 Å². The fourth-order valence-electron chi connectivity index (χ4n) is 1.30. The fourth-order valence-corrected chi connectivity index (χ4v) is 1.30. The number of hydrogen-bond donors (Lipinski definition) is 1. The standard InChI is InChI=1S/C14H13NO3/c1-4-11-6-5-7-12(9-11)15-13(16)8-10(2)14(17)18-3/h1,5-7,9H,2,8H2,3H3,(H,15,16). The number of nitrogens with one attached hydrogen (secondary N) is 1. The number of esters is 1. The number of carbonyl (C=O) groups is 2. The van der Waals surface area contributed by atoms with Gasteiger partial charge < -0.3 is 10.1 Å². The lowest BCUT2D eigenvalue weighted by Gasteiger charge is -2.06. The normalized spacial score (nSPS) is 9.11. The van der Waals surface area contributed by atoms with Gasteiger partial charge in [-0.3, -0.25) is 4.79 Å². The number of methoxy groups -OCH3 is 1. The molecule has 1 aromatic carbocycles. The molecule has 0 spiro atoms. The van der Waals surface area contributed by atoms with E-state index in [-0.39, 0.29) is 17.9 Å². The van der Waals surface area contributed by atoms with Crippen molar-refractivity contribution in [1.82, 2.24) is 0 Å². The zero-order chi connectivity index (χ0) is 13.5. The summed E-state index contributed by atoms with van der Waals surface area (Å²) in [5.74, 6) is 1.52. The predicted molar refractivity (Wildman–Crippen MR) is 68.8 cm³/mol. The molecular formula is C14H13NO3. The van der Waals surface area contributed by atoms with Gasteiger partial charge in [0.1, 0.15) is 0 Å². The Hall–Kier alpha value is -2.54. The van der Waals surface area contributed by atoms with Crippen molar-refractivity contribution in [3.05, 3.63) is 42.0 Å². The highest BCUT2D eigenvalue weighted by Crippen LogP contribution is 2.11. The van der Waals surface area contributed by atoms with E-state index in [2.05, 4.69) is 22.6 Å². The van der Waals surface area contributed by atoms with E-state index >= 15 is 0 Å². The highest BCUT2D eigenvalue weighted by Gasteiger charge is 2.11. The first kappa shape index (κ1) is 13.5. The van der Waals surface area contributed by atoms with Gasteiger partial charge in [-0.25, -0.2) is 4.79 Å². The van der Waals surface area contributed by atoms with Crippen LogP contribution in [0.1, 0.15) is 12.0 Å². The smallest absolute Gasteiger partial charge is 0.333 e. The van der Waals surface area contributed by atoms with Crippen molar-refractivity contribution in [2.24, 2.45) is 0 Å². The van der Waals surface area contributed by atoms with Gasteiger partial charge in [0.2, 0.25) is 5.91 Å². The lowest BCUT2D eigenvalue weighted by molar-refractivity contribution is -0.137. The second-order valence-electron chi connectivity index (χ2n) is 3.55. The number of hydrogen-bond acceptors (Lipinski definition) is 3. The lowest BCUT2D eigenvalue weighted by atomic mass is 10.2. The fraction of sp³-hybridized carbons (Fsp3) is 0.143. The van der Waals surface area contributed by atoms with Gasteiger partial charge in [0.15, 0.2) is 0 Å². The molecule has 0 aliphatic carbocycles. The highest BCUT2D eigenvalue weighted by molar-refractivity contribution is 5.99. The van der Waals surface area contributed by atoms with Crippen molar-refractivity contribution < 1.29 is 14.3 Å². The molecule has 0 bridgehead atoms. The Bertz CT molecular complexity index is 526.